The summed E-state index contributed by atoms with van der Waals surface area (Å²) in [5.41, 5.74) is 6.96. The number of rotatable bonds is 29. The van der Waals surface area contributed by atoms with Crippen LogP contribution in [0.4, 0.5) is 10.6 Å². The summed E-state index contributed by atoms with van der Waals surface area (Å²) in [6, 6.07) is 0. The van der Waals surface area contributed by atoms with Crippen LogP contribution >= 0.6 is 19.4 Å². The zero-order valence-corrected chi connectivity index (χ0v) is 30.9. The molecule has 2 aromatic rings. The molecule has 2 rings (SSSR count). The van der Waals surface area contributed by atoms with Crippen LogP contribution in [0.2, 0.25) is 0 Å². The second kappa shape index (κ2) is 25.2. The van der Waals surface area contributed by atoms with E-state index in [1.807, 2.05) is 20.8 Å². The van der Waals surface area contributed by atoms with E-state index in [-0.39, 0.29) is 18.2 Å². The number of aromatic nitrogens is 4. The lowest BCUT2D eigenvalue weighted by atomic mass is 10.0. The maximum Gasteiger partial charge on any atom is 0.369 e. The van der Waals surface area contributed by atoms with Crippen LogP contribution in [0.5, 0.6) is 0 Å². The normalized spacial score (nSPS) is 13.7. The Labute approximate surface area is 286 Å². The number of fused-ring (bicyclic) bond motifs is 1. The van der Waals surface area contributed by atoms with Crippen molar-refractivity contribution < 1.29 is 32.6 Å². The van der Waals surface area contributed by atoms with Crippen molar-refractivity contribution in [2.45, 2.75) is 142 Å². The fourth-order valence-electron chi connectivity index (χ4n) is 4.94. The van der Waals surface area contributed by atoms with Crippen LogP contribution in [0.25, 0.3) is 11.2 Å². The third kappa shape index (κ3) is 19.1. The van der Waals surface area contributed by atoms with Gasteiger partial charge in [0.2, 0.25) is 6.79 Å². The highest BCUT2D eigenvalue weighted by molar-refractivity contribution is 8.13. The highest BCUT2D eigenvalue weighted by Crippen LogP contribution is 2.48. The maximum atomic E-state index is 13.5. The van der Waals surface area contributed by atoms with Gasteiger partial charge in [-0.2, -0.15) is 0 Å². The topological polar surface area (TPSA) is 150 Å². The average molecular weight is 702 g/mol. The largest absolute Gasteiger partial charge is 0.430 e. The smallest absolute Gasteiger partial charge is 0.369 e. The minimum Gasteiger partial charge on any atom is -0.430 e. The molecule has 2 aromatic heterocycles. The van der Waals surface area contributed by atoms with Crippen LogP contribution in [0.3, 0.4) is 0 Å². The molecule has 0 spiro atoms. The van der Waals surface area contributed by atoms with Gasteiger partial charge in [-0.15, -0.1) is 0 Å². The predicted octanol–water partition coefficient (Wildman–Crippen LogP) is 9.12. The summed E-state index contributed by atoms with van der Waals surface area (Å²) in [6.45, 7) is 9.08. The Hall–Kier alpha value is -1.76. The molecule has 0 aromatic carbocycles. The van der Waals surface area contributed by atoms with Crippen molar-refractivity contribution in [1.82, 2.24) is 19.5 Å². The second-order valence-corrected chi connectivity index (χ2v) is 15.8. The molecule has 0 saturated carbocycles. The zero-order chi connectivity index (χ0) is 34.2. The summed E-state index contributed by atoms with van der Waals surface area (Å²) in [6.07, 6.45) is 21.4. The van der Waals surface area contributed by atoms with Gasteiger partial charge in [0.1, 0.15) is 18.2 Å². The first kappa shape index (κ1) is 41.4. The van der Waals surface area contributed by atoms with Crippen molar-refractivity contribution in [1.29, 1.82) is 0 Å². The number of ether oxygens (including phenoxy) is 3. The number of carbonyl (C=O) groups excluding carboxylic acids is 1. The van der Waals surface area contributed by atoms with Crippen LogP contribution in [-0.4, -0.2) is 69.1 Å². The summed E-state index contributed by atoms with van der Waals surface area (Å²) < 4.78 is 43.1. The molecule has 0 saturated heterocycles. The van der Waals surface area contributed by atoms with Gasteiger partial charge in [-0.1, -0.05) is 104 Å². The first-order valence-corrected chi connectivity index (χ1v) is 20.2. The monoisotopic (exact) mass is 701 g/mol. The van der Waals surface area contributed by atoms with Crippen molar-refractivity contribution in [2.75, 3.05) is 38.7 Å². The Balaban J connectivity index is 1.61. The maximum absolute atomic E-state index is 13.5. The number of hydrogen-bond donors (Lipinski definition) is 1. The number of thioether (sulfide) groups is 1. The van der Waals surface area contributed by atoms with Crippen molar-refractivity contribution in [2.24, 2.45) is 0 Å². The van der Waals surface area contributed by atoms with E-state index in [0.717, 1.165) is 18.2 Å². The van der Waals surface area contributed by atoms with E-state index in [9.17, 15) is 9.36 Å². The van der Waals surface area contributed by atoms with Crippen molar-refractivity contribution in [3.8, 4) is 0 Å². The molecule has 14 heteroatoms. The molecule has 0 aliphatic rings. The summed E-state index contributed by atoms with van der Waals surface area (Å²) in [4.78, 5) is 24.4. The van der Waals surface area contributed by atoms with Crippen LogP contribution in [0, 0.1) is 0 Å². The lowest BCUT2D eigenvalue weighted by Gasteiger charge is -2.21. The van der Waals surface area contributed by atoms with Crippen molar-refractivity contribution in [3.63, 3.8) is 0 Å². The number of nitrogen functional groups attached to an aromatic ring is 1. The van der Waals surface area contributed by atoms with E-state index in [4.69, 9.17) is 29.0 Å². The lowest BCUT2D eigenvalue weighted by molar-refractivity contribution is 0.0321. The van der Waals surface area contributed by atoms with Gasteiger partial charge in [-0.3, -0.25) is 9.09 Å². The zero-order valence-electron chi connectivity index (χ0n) is 29.2. The Bertz CT molecular complexity index is 1160. The quantitative estimate of drug-likeness (QED) is 0.0373. The van der Waals surface area contributed by atoms with Crippen LogP contribution in [0.15, 0.2) is 12.7 Å². The van der Waals surface area contributed by atoms with E-state index < -0.39 is 25.8 Å². The Morgan fingerprint density at radius 1 is 0.851 bits per heavy atom. The number of anilines is 1. The third-order valence-electron chi connectivity index (χ3n) is 7.52. The molecule has 270 valence electrons. The van der Waals surface area contributed by atoms with Gasteiger partial charge in [0.05, 0.1) is 25.6 Å². The van der Waals surface area contributed by atoms with Gasteiger partial charge in [0, 0.05) is 18.5 Å². The van der Waals surface area contributed by atoms with E-state index in [1.165, 1.54) is 89.8 Å². The molecule has 2 N–H and O–H groups in total. The third-order valence-corrected chi connectivity index (χ3v) is 9.84. The van der Waals surface area contributed by atoms with Gasteiger partial charge >= 0.3 is 12.9 Å². The molecule has 0 radical (unpaired) electrons. The minimum absolute atomic E-state index is 0.0548. The fourth-order valence-corrected chi connectivity index (χ4v) is 6.72. The van der Waals surface area contributed by atoms with Crippen molar-refractivity contribution in [3.05, 3.63) is 12.7 Å². The molecule has 12 nitrogen and oxygen atoms in total. The molecule has 0 aliphatic carbocycles. The molecule has 2 atom stereocenters. The van der Waals surface area contributed by atoms with Gasteiger partial charge in [-0.05, 0) is 31.5 Å². The molecule has 2 heterocycles. The molecule has 0 fully saturated rings. The highest BCUT2D eigenvalue weighted by Gasteiger charge is 2.27. The molecule has 0 aliphatic heterocycles. The molecular formula is C33H60N5O7PS. The minimum atomic E-state index is -3.74. The standard InChI is InChI=1S/C33H60N5O7PS/c1-5-6-7-8-9-10-11-12-13-14-15-16-17-18-20-41-21-19-22-44-46(40,45-26-42-33(39)47-28(2)3)27-43-29(4)23-38-25-37-30-31(34)35-24-36-32(30)38/h24-25,28-29H,5-23,26-27H2,1-4H3,(H2,34,35,36)/t29-,46?/m1/s1. The molecule has 0 bridgehead atoms. The van der Waals surface area contributed by atoms with Gasteiger partial charge in [0.25, 0.3) is 0 Å². The Morgan fingerprint density at radius 3 is 2.11 bits per heavy atom. The van der Waals surface area contributed by atoms with Gasteiger partial charge < -0.3 is 29.0 Å². The molecule has 47 heavy (non-hydrogen) atoms. The number of nitrogens with two attached hydrogens (primary N) is 1. The summed E-state index contributed by atoms with van der Waals surface area (Å²) in [5.74, 6) is 0.294. The number of imidazole rings is 1. The molecular weight excluding hydrogens is 641 g/mol. The number of hydrogen-bond acceptors (Lipinski definition) is 12. The molecule has 0 amide bonds. The SMILES string of the molecule is CCCCCCCCCCCCCCCCOCCCOP(=O)(CO[C@H](C)Cn1cnc2c(N)ncnc21)OCOC(=O)SC(C)C. The summed E-state index contributed by atoms with van der Waals surface area (Å²) >= 11 is 1.02. The molecule has 1 unspecified atom stereocenters. The highest BCUT2D eigenvalue weighted by atomic mass is 32.2. The first-order chi connectivity index (χ1) is 22.7. The summed E-state index contributed by atoms with van der Waals surface area (Å²) in [5, 5.41) is -0.454. The van der Waals surface area contributed by atoms with Gasteiger partial charge in [0.15, 0.2) is 11.5 Å². The lowest BCUT2D eigenvalue weighted by Crippen LogP contribution is -2.19. The van der Waals surface area contributed by atoms with E-state index in [1.54, 1.807) is 10.9 Å². The van der Waals surface area contributed by atoms with E-state index in [0.29, 0.717) is 43.2 Å². The summed E-state index contributed by atoms with van der Waals surface area (Å²) in [7, 11) is -3.74. The van der Waals surface area contributed by atoms with Crippen molar-refractivity contribution >= 4 is 41.6 Å². The van der Waals surface area contributed by atoms with Crippen LogP contribution in [-0.2, 0) is 34.4 Å². The van der Waals surface area contributed by atoms with Crippen LogP contribution < -0.4 is 5.73 Å². The Kier molecular flexibility index (Phi) is 22.2. The van der Waals surface area contributed by atoms with Crippen LogP contribution in [0.1, 0.15) is 124 Å². The number of nitrogens with zero attached hydrogens (tertiary/aromatic N) is 4. The first-order valence-electron chi connectivity index (χ1n) is 17.6. The average Bonchev–Trinajstić information content (AvgIpc) is 3.44. The predicted molar refractivity (Wildman–Crippen MR) is 190 cm³/mol. The number of carbonyl (C=O) groups is 1. The number of unbranched alkanes of at least 4 members (excludes halogenated alkanes) is 13. The Morgan fingerprint density at radius 2 is 1.47 bits per heavy atom. The van der Waals surface area contributed by atoms with E-state index in [2.05, 4.69) is 21.9 Å². The second-order valence-electron chi connectivity index (χ2n) is 12.2. The fraction of sp³-hybridized carbons (Fsp3) is 0.818. The van der Waals surface area contributed by atoms with Gasteiger partial charge in [-0.25, -0.2) is 19.7 Å². The van der Waals surface area contributed by atoms with E-state index >= 15 is 0 Å².